The zero-order chi connectivity index (χ0) is 12.2. The van der Waals surface area contributed by atoms with Gasteiger partial charge in [0.25, 0.3) is 0 Å². The lowest BCUT2D eigenvalue weighted by Crippen LogP contribution is -2.00. The van der Waals surface area contributed by atoms with Crippen molar-refractivity contribution >= 4 is 5.69 Å². The fourth-order valence-corrected chi connectivity index (χ4v) is 1.79. The summed E-state index contributed by atoms with van der Waals surface area (Å²) in [7, 11) is 0. The third kappa shape index (κ3) is 2.30. The summed E-state index contributed by atoms with van der Waals surface area (Å²) in [6, 6.07) is 15.8. The molecule has 1 aliphatic heterocycles. The quantitative estimate of drug-likeness (QED) is 0.888. The Morgan fingerprint density at radius 2 is 1.94 bits per heavy atom. The van der Waals surface area contributed by atoms with E-state index < -0.39 is 0 Å². The average Bonchev–Trinajstić information content (AvgIpc) is 2.46. The van der Waals surface area contributed by atoms with Crippen molar-refractivity contribution in [3.63, 3.8) is 0 Å². The maximum absolute atomic E-state index is 5.74. The van der Waals surface area contributed by atoms with Crippen LogP contribution in [0.3, 0.4) is 0 Å². The molecule has 0 saturated heterocycles. The molecule has 1 aliphatic rings. The zero-order valence-electron chi connectivity index (χ0n) is 9.80. The second-order valence-electron chi connectivity index (χ2n) is 4.00. The Labute approximate surface area is 106 Å². The Hall–Kier alpha value is -2.42. The van der Waals surface area contributed by atoms with E-state index >= 15 is 0 Å². The Morgan fingerprint density at radius 3 is 2.83 bits per heavy atom. The first-order chi connectivity index (χ1) is 8.92. The van der Waals surface area contributed by atoms with E-state index in [4.69, 9.17) is 9.47 Å². The lowest BCUT2D eigenvalue weighted by atomic mass is 10.2. The number of fused-ring (bicyclic) bond motifs is 1. The van der Waals surface area contributed by atoms with E-state index in [0.29, 0.717) is 6.61 Å². The molecule has 3 rings (SSSR count). The first-order valence-corrected chi connectivity index (χ1v) is 5.81. The fraction of sp³-hybridized carbons (Fsp3) is 0.0667. The molecule has 0 unspecified atom stereocenters. The third-order valence-corrected chi connectivity index (χ3v) is 2.70. The molecule has 2 aromatic carbocycles. The minimum absolute atomic E-state index is 0.566. The summed E-state index contributed by atoms with van der Waals surface area (Å²) in [5.41, 5.74) is 2.07. The van der Waals surface area contributed by atoms with Crippen LogP contribution in [0.5, 0.6) is 11.5 Å². The average molecular weight is 239 g/mol. The smallest absolute Gasteiger partial charge is 0.150 e. The van der Waals surface area contributed by atoms with Gasteiger partial charge in [-0.05, 0) is 17.7 Å². The van der Waals surface area contributed by atoms with Crippen LogP contribution < -0.4 is 14.8 Å². The molecule has 0 amide bonds. The number of hydrogen-bond acceptors (Lipinski definition) is 3. The molecule has 18 heavy (non-hydrogen) atoms. The van der Waals surface area contributed by atoms with Crippen LogP contribution in [0.4, 0.5) is 5.69 Å². The van der Waals surface area contributed by atoms with E-state index in [9.17, 15) is 0 Å². The summed E-state index contributed by atoms with van der Waals surface area (Å²) in [6.45, 7) is 0.566. The van der Waals surface area contributed by atoms with Gasteiger partial charge in [0, 0.05) is 12.3 Å². The zero-order valence-corrected chi connectivity index (χ0v) is 9.80. The van der Waals surface area contributed by atoms with Crippen molar-refractivity contribution in [3.05, 3.63) is 66.6 Å². The van der Waals surface area contributed by atoms with Crippen LogP contribution in [0, 0.1) is 0 Å². The number of nitrogens with one attached hydrogen (secondary N) is 1. The summed E-state index contributed by atoms with van der Waals surface area (Å²) in [6.07, 6.45) is 3.37. The molecule has 0 radical (unpaired) electrons. The van der Waals surface area contributed by atoms with Gasteiger partial charge in [0.1, 0.15) is 24.4 Å². The molecule has 1 N–H and O–H groups in total. The highest BCUT2D eigenvalue weighted by molar-refractivity contribution is 5.62. The van der Waals surface area contributed by atoms with Crippen LogP contribution in [-0.2, 0) is 6.61 Å². The highest BCUT2D eigenvalue weighted by atomic mass is 16.5. The SMILES string of the molecule is C1=COc2ccc(OCc3ccccc3)cc2N1. The molecule has 1 heterocycles. The van der Waals surface area contributed by atoms with Crippen molar-refractivity contribution in [1.82, 2.24) is 0 Å². The van der Waals surface area contributed by atoms with Crippen molar-refractivity contribution in [3.8, 4) is 11.5 Å². The van der Waals surface area contributed by atoms with Crippen molar-refractivity contribution in [1.29, 1.82) is 0 Å². The topological polar surface area (TPSA) is 30.5 Å². The minimum atomic E-state index is 0.566. The van der Waals surface area contributed by atoms with Crippen molar-refractivity contribution in [2.24, 2.45) is 0 Å². The molecular weight excluding hydrogens is 226 g/mol. The Kier molecular flexibility index (Phi) is 2.88. The number of rotatable bonds is 3. The van der Waals surface area contributed by atoms with E-state index in [1.54, 1.807) is 12.5 Å². The van der Waals surface area contributed by atoms with Gasteiger partial charge in [-0.2, -0.15) is 0 Å². The Bertz CT molecular complexity index is 564. The molecule has 0 bridgehead atoms. The van der Waals surface area contributed by atoms with Crippen LogP contribution >= 0.6 is 0 Å². The summed E-state index contributed by atoms with van der Waals surface area (Å²) in [4.78, 5) is 0. The van der Waals surface area contributed by atoms with E-state index in [2.05, 4.69) is 5.32 Å². The summed E-state index contributed by atoms with van der Waals surface area (Å²) in [5.74, 6) is 1.63. The highest BCUT2D eigenvalue weighted by Gasteiger charge is 2.07. The lowest BCUT2D eigenvalue weighted by molar-refractivity contribution is 0.306. The molecule has 0 saturated carbocycles. The number of anilines is 1. The Balaban J connectivity index is 1.71. The van der Waals surface area contributed by atoms with Gasteiger partial charge in [0.2, 0.25) is 0 Å². The van der Waals surface area contributed by atoms with Gasteiger partial charge in [-0.25, -0.2) is 0 Å². The van der Waals surface area contributed by atoms with Gasteiger partial charge >= 0.3 is 0 Å². The first-order valence-electron chi connectivity index (χ1n) is 5.81. The summed E-state index contributed by atoms with van der Waals surface area (Å²) in [5, 5.41) is 3.12. The van der Waals surface area contributed by atoms with Crippen LogP contribution in [0.15, 0.2) is 61.0 Å². The van der Waals surface area contributed by atoms with Gasteiger partial charge < -0.3 is 14.8 Å². The maximum Gasteiger partial charge on any atom is 0.150 e. The molecule has 3 nitrogen and oxygen atoms in total. The van der Waals surface area contributed by atoms with E-state index in [1.165, 1.54) is 0 Å². The van der Waals surface area contributed by atoms with Gasteiger partial charge in [-0.1, -0.05) is 30.3 Å². The second-order valence-corrected chi connectivity index (χ2v) is 4.00. The molecule has 0 aromatic heterocycles. The molecule has 3 heteroatoms. The van der Waals surface area contributed by atoms with Crippen LogP contribution in [0.1, 0.15) is 5.56 Å². The predicted octanol–water partition coefficient (Wildman–Crippen LogP) is 3.54. The van der Waals surface area contributed by atoms with Crippen molar-refractivity contribution < 1.29 is 9.47 Å². The van der Waals surface area contributed by atoms with Crippen molar-refractivity contribution in [2.45, 2.75) is 6.61 Å². The fourth-order valence-electron chi connectivity index (χ4n) is 1.79. The van der Waals surface area contributed by atoms with Gasteiger partial charge in [0.15, 0.2) is 0 Å². The monoisotopic (exact) mass is 239 g/mol. The largest absolute Gasteiger partial charge is 0.489 e. The summed E-state index contributed by atoms with van der Waals surface area (Å²) >= 11 is 0. The standard InChI is InChI=1S/C15H13NO2/c1-2-4-12(5-3-1)11-18-13-6-7-15-14(10-13)16-8-9-17-15/h1-10,16H,11H2. The molecule has 0 spiro atoms. The minimum Gasteiger partial charge on any atom is -0.489 e. The van der Waals surface area contributed by atoms with Crippen LogP contribution in [0.2, 0.25) is 0 Å². The second kappa shape index (κ2) is 4.84. The molecule has 0 atom stereocenters. The van der Waals surface area contributed by atoms with Crippen molar-refractivity contribution in [2.75, 3.05) is 5.32 Å². The van der Waals surface area contributed by atoms with Gasteiger partial charge in [-0.15, -0.1) is 0 Å². The Morgan fingerprint density at radius 1 is 1.06 bits per heavy atom. The van der Waals surface area contributed by atoms with Gasteiger partial charge in [0.05, 0.1) is 5.69 Å². The van der Waals surface area contributed by atoms with E-state index in [1.807, 2.05) is 48.5 Å². The number of benzene rings is 2. The van der Waals surface area contributed by atoms with Crippen LogP contribution in [0.25, 0.3) is 0 Å². The predicted molar refractivity (Wildman–Crippen MR) is 70.6 cm³/mol. The lowest BCUT2D eigenvalue weighted by Gasteiger charge is -2.14. The molecular formula is C15H13NO2. The normalized spacial score (nSPS) is 12.2. The van der Waals surface area contributed by atoms with Gasteiger partial charge in [-0.3, -0.25) is 0 Å². The highest BCUT2D eigenvalue weighted by Crippen LogP contribution is 2.31. The molecule has 2 aromatic rings. The maximum atomic E-state index is 5.74. The number of ether oxygens (including phenoxy) is 2. The van der Waals surface area contributed by atoms with Crippen LogP contribution in [-0.4, -0.2) is 0 Å². The summed E-state index contributed by atoms with van der Waals surface area (Å²) < 4.78 is 11.1. The first kappa shape index (κ1) is 10.7. The van der Waals surface area contributed by atoms with E-state index in [-0.39, 0.29) is 0 Å². The molecule has 0 fully saturated rings. The number of hydrogen-bond donors (Lipinski definition) is 1. The third-order valence-electron chi connectivity index (χ3n) is 2.70. The molecule has 0 aliphatic carbocycles. The molecule has 90 valence electrons. The van der Waals surface area contributed by atoms with E-state index in [0.717, 1.165) is 22.7 Å².